The zero-order valence-electron chi connectivity index (χ0n) is 12.1. The molecule has 0 heterocycles. The Morgan fingerprint density at radius 3 is 2.57 bits per heavy atom. The summed E-state index contributed by atoms with van der Waals surface area (Å²) in [4.78, 5) is 0. The lowest BCUT2D eigenvalue weighted by atomic mass is 10.0. The lowest BCUT2D eigenvalue weighted by Crippen LogP contribution is -1.94. The van der Waals surface area contributed by atoms with E-state index in [0.29, 0.717) is 12.2 Å². The van der Waals surface area contributed by atoms with Gasteiger partial charge in [0.1, 0.15) is 5.75 Å². The highest BCUT2D eigenvalue weighted by Crippen LogP contribution is 2.28. The second-order valence-electron chi connectivity index (χ2n) is 4.65. The van der Waals surface area contributed by atoms with Gasteiger partial charge in [-0.2, -0.15) is 5.26 Å². The zero-order valence-corrected chi connectivity index (χ0v) is 13.6. The van der Waals surface area contributed by atoms with E-state index in [1.165, 1.54) is 5.56 Å². The molecule has 0 spiro atoms. The summed E-state index contributed by atoms with van der Waals surface area (Å²) in [6.45, 7) is 4.57. The van der Waals surface area contributed by atoms with Crippen LogP contribution in [0.1, 0.15) is 23.6 Å². The highest BCUT2D eigenvalue weighted by atomic mass is 79.9. The number of hydrogen-bond acceptors (Lipinski definition) is 2. The van der Waals surface area contributed by atoms with E-state index in [4.69, 9.17) is 4.74 Å². The Morgan fingerprint density at radius 1 is 1.24 bits per heavy atom. The molecule has 0 amide bonds. The van der Waals surface area contributed by atoms with Crippen molar-refractivity contribution in [1.82, 2.24) is 0 Å². The van der Waals surface area contributed by atoms with Crippen LogP contribution in [-0.2, 0) is 0 Å². The molecule has 0 atom stereocenters. The van der Waals surface area contributed by atoms with E-state index in [1.807, 2.05) is 62.4 Å². The van der Waals surface area contributed by atoms with Crippen LogP contribution < -0.4 is 4.74 Å². The Bertz CT molecular complexity index is 696. The maximum Gasteiger partial charge on any atom is 0.126 e. The summed E-state index contributed by atoms with van der Waals surface area (Å²) in [5.41, 5.74) is 3.59. The standard InChI is InChI=1S/C18H16BrNO/c1-3-21-18-9-8-17(19)11-15(18)10-16(12-20)14-6-4-13(2)5-7-14/h4-11H,3H2,1-2H3/b16-10-. The smallest absolute Gasteiger partial charge is 0.126 e. The molecule has 0 bridgehead atoms. The number of rotatable bonds is 4. The van der Waals surface area contributed by atoms with Crippen LogP contribution in [0.25, 0.3) is 11.6 Å². The summed E-state index contributed by atoms with van der Waals surface area (Å²) in [6, 6.07) is 16.0. The monoisotopic (exact) mass is 341 g/mol. The molecular formula is C18H16BrNO. The summed E-state index contributed by atoms with van der Waals surface area (Å²) >= 11 is 3.46. The lowest BCUT2D eigenvalue weighted by molar-refractivity contribution is 0.339. The number of allylic oxidation sites excluding steroid dienone is 1. The second kappa shape index (κ2) is 7.10. The van der Waals surface area contributed by atoms with Crippen LogP contribution in [0.5, 0.6) is 5.75 Å². The van der Waals surface area contributed by atoms with E-state index >= 15 is 0 Å². The van der Waals surface area contributed by atoms with Crippen LogP contribution in [0, 0.1) is 18.3 Å². The predicted octanol–water partition coefficient (Wildman–Crippen LogP) is 5.22. The number of nitriles is 1. The van der Waals surface area contributed by atoms with Crippen molar-refractivity contribution in [1.29, 1.82) is 5.26 Å². The largest absolute Gasteiger partial charge is 0.493 e. The molecule has 0 radical (unpaired) electrons. The summed E-state index contributed by atoms with van der Waals surface area (Å²) in [5.74, 6) is 0.778. The van der Waals surface area contributed by atoms with Crippen LogP contribution >= 0.6 is 15.9 Å². The molecule has 21 heavy (non-hydrogen) atoms. The molecule has 2 aromatic carbocycles. The van der Waals surface area contributed by atoms with Crippen LogP contribution in [0.4, 0.5) is 0 Å². The van der Waals surface area contributed by atoms with Gasteiger partial charge in [0.05, 0.1) is 18.2 Å². The molecule has 0 aliphatic rings. The first-order valence-corrected chi connectivity index (χ1v) is 7.54. The fraction of sp³-hybridized carbons (Fsp3) is 0.167. The normalized spacial score (nSPS) is 11.0. The van der Waals surface area contributed by atoms with Crippen molar-refractivity contribution >= 4 is 27.6 Å². The third-order valence-corrected chi connectivity index (χ3v) is 3.55. The maximum absolute atomic E-state index is 9.43. The quantitative estimate of drug-likeness (QED) is 0.564. The fourth-order valence-electron chi connectivity index (χ4n) is 1.99. The van der Waals surface area contributed by atoms with Gasteiger partial charge in [-0.1, -0.05) is 45.8 Å². The van der Waals surface area contributed by atoms with Gasteiger partial charge in [0.15, 0.2) is 0 Å². The van der Waals surface area contributed by atoms with E-state index in [0.717, 1.165) is 21.3 Å². The van der Waals surface area contributed by atoms with Gasteiger partial charge >= 0.3 is 0 Å². The van der Waals surface area contributed by atoms with E-state index in [9.17, 15) is 5.26 Å². The summed E-state index contributed by atoms with van der Waals surface area (Å²) in [6.07, 6.45) is 1.86. The Kier molecular flexibility index (Phi) is 5.19. The Morgan fingerprint density at radius 2 is 1.95 bits per heavy atom. The van der Waals surface area contributed by atoms with Gasteiger partial charge < -0.3 is 4.74 Å². The van der Waals surface area contributed by atoms with Crippen molar-refractivity contribution < 1.29 is 4.74 Å². The molecular weight excluding hydrogens is 326 g/mol. The molecule has 0 aliphatic heterocycles. The molecule has 2 aromatic rings. The predicted molar refractivity (Wildman–Crippen MR) is 90.0 cm³/mol. The molecule has 106 valence electrons. The van der Waals surface area contributed by atoms with Gasteiger partial charge in [-0.15, -0.1) is 0 Å². The Labute approximate surface area is 133 Å². The van der Waals surface area contributed by atoms with Crippen LogP contribution in [-0.4, -0.2) is 6.61 Å². The topological polar surface area (TPSA) is 33.0 Å². The van der Waals surface area contributed by atoms with Crippen molar-refractivity contribution in [3.05, 3.63) is 63.6 Å². The summed E-state index contributed by atoms with van der Waals surface area (Å²) in [7, 11) is 0. The van der Waals surface area contributed by atoms with Gasteiger partial charge in [-0.25, -0.2) is 0 Å². The molecule has 0 fully saturated rings. The van der Waals surface area contributed by atoms with Crippen LogP contribution in [0.2, 0.25) is 0 Å². The number of aryl methyl sites for hydroxylation is 1. The molecule has 3 heteroatoms. The van der Waals surface area contributed by atoms with E-state index in [2.05, 4.69) is 22.0 Å². The molecule has 0 saturated carbocycles. The van der Waals surface area contributed by atoms with E-state index in [-0.39, 0.29) is 0 Å². The SMILES string of the molecule is CCOc1ccc(Br)cc1/C=C(/C#N)c1ccc(C)cc1. The lowest BCUT2D eigenvalue weighted by Gasteiger charge is -2.08. The van der Waals surface area contributed by atoms with Gasteiger partial charge in [0, 0.05) is 10.0 Å². The van der Waals surface area contributed by atoms with Crippen LogP contribution in [0.3, 0.4) is 0 Å². The molecule has 0 unspecified atom stereocenters. The Hall–Kier alpha value is -2.05. The molecule has 2 nitrogen and oxygen atoms in total. The summed E-state index contributed by atoms with van der Waals surface area (Å²) < 4.78 is 6.57. The molecule has 2 rings (SSSR count). The number of ether oxygens (including phenoxy) is 1. The van der Waals surface area contributed by atoms with Crippen molar-refractivity contribution in [3.8, 4) is 11.8 Å². The van der Waals surface area contributed by atoms with Gasteiger partial charge in [0.25, 0.3) is 0 Å². The first kappa shape index (κ1) is 15.3. The zero-order chi connectivity index (χ0) is 15.2. The minimum atomic E-state index is 0.592. The van der Waals surface area contributed by atoms with Crippen molar-refractivity contribution in [3.63, 3.8) is 0 Å². The van der Waals surface area contributed by atoms with Gasteiger partial charge in [0.2, 0.25) is 0 Å². The molecule has 0 aliphatic carbocycles. The maximum atomic E-state index is 9.43. The fourth-order valence-corrected chi connectivity index (χ4v) is 2.37. The number of hydrogen-bond donors (Lipinski definition) is 0. The van der Waals surface area contributed by atoms with E-state index in [1.54, 1.807) is 0 Å². The third-order valence-electron chi connectivity index (χ3n) is 3.05. The number of halogens is 1. The third kappa shape index (κ3) is 3.96. The first-order chi connectivity index (χ1) is 10.1. The van der Waals surface area contributed by atoms with Gasteiger partial charge in [-0.3, -0.25) is 0 Å². The van der Waals surface area contributed by atoms with Crippen molar-refractivity contribution in [2.75, 3.05) is 6.61 Å². The molecule has 0 saturated heterocycles. The molecule has 0 aromatic heterocycles. The van der Waals surface area contributed by atoms with E-state index < -0.39 is 0 Å². The minimum absolute atomic E-state index is 0.592. The number of benzene rings is 2. The Balaban J connectivity index is 2.47. The number of nitrogens with zero attached hydrogens (tertiary/aromatic N) is 1. The second-order valence-corrected chi connectivity index (χ2v) is 5.57. The summed E-state index contributed by atoms with van der Waals surface area (Å²) in [5, 5.41) is 9.43. The van der Waals surface area contributed by atoms with Crippen LogP contribution in [0.15, 0.2) is 46.9 Å². The highest BCUT2D eigenvalue weighted by Gasteiger charge is 2.06. The minimum Gasteiger partial charge on any atom is -0.493 e. The average molecular weight is 342 g/mol. The van der Waals surface area contributed by atoms with Crippen molar-refractivity contribution in [2.45, 2.75) is 13.8 Å². The van der Waals surface area contributed by atoms with Gasteiger partial charge in [-0.05, 0) is 43.7 Å². The highest BCUT2D eigenvalue weighted by molar-refractivity contribution is 9.10. The first-order valence-electron chi connectivity index (χ1n) is 6.75. The average Bonchev–Trinajstić information content (AvgIpc) is 2.48. The van der Waals surface area contributed by atoms with Crippen molar-refractivity contribution in [2.24, 2.45) is 0 Å². The molecule has 0 N–H and O–H groups in total.